The monoisotopic (exact) mass is 257 g/mol. The molecule has 0 amide bonds. The van der Waals surface area contributed by atoms with E-state index in [-0.39, 0.29) is 18.2 Å². The molecule has 1 rings (SSSR count). The molecular formula is C9H21ClNO3P. The molecule has 6 heteroatoms. The van der Waals surface area contributed by atoms with Gasteiger partial charge in [0, 0.05) is 0 Å². The first-order valence-corrected chi connectivity index (χ1v) is 6.96. The lowest BCUT2D eigenvalue weighted by Gasteiger charge is -2.29. The number of halogens is 1. The summed E-state index contributed by atoms with van der Waals surface area (Å²) in [5.74, 6) is -0.101. The van der Waals surface area contributed by atoms with Gasteiger partial charge in [-0.05, 0) is 39.7 Å². The summed E-state index contributed by atoms with van der Waals surface area (Å²) in [6, 6.07) is 0. The smallest absolute Gasteiger partial charge is 0.308 e. The van der Waals surface area contributed by atoms with Crippen molar-refractivity contribution in [3.05, 3.63) is 0 Å². The summed E-state index contributed by atoms with van der Waals surface area (Å²) in [6.07, 6.45) is 3.13. The lowest BCUT2D eigenvalue weighted by molar-refractivity contribution is 0.202. The van der Waals surface area contributed by atoms with Gasteiger partial charge in [-0.3, -0.25) is 4.57 Å². The van der Waals surface area contributed by atoms with Crippen LogP contribution in [0.4, 0.5) is 0 Å². The molecule has 0 saturated carbocycles. The Morgan fingerprint density at radius 2 is 1.87 bits per heavy atom. The van der Waals surface area contributed by atoms with E-state index in [4.69, 9.17) is 9.05 Å². The summed E-state index contributed by atoms with van der Waals surface area (Å²) < 4.78 is 22.8. The summed E-state index contributed by atoms with van der Waals surface area (Å²) in [5, 5.41) is 3.22. The van der Waals surface area contributed by atoms with Gasteiger partial charge >= 0.3 is 7.60 Å². The van der Waals surface area contributed by atoms with Crippen molar-refractivity contribution in [2.45, 2.75) is 38.9 Å². The molecule has 1 aliphatic rings. The first-order valence-electron chi connectivity index (χ1n) is 5.35. The van der Waals surface area contributed by atoms with Gasteiger partial charge in [0.1, 0.15) is 5.78 Å². The first-order chi connectivity index (χ1) is 6.73. The second-order valence-corrected chi connectivity index (χ2v) is 5.56. The van der Waals surface area contributed by atoms with Crippen LogP contribution in [0.2, 0.25) is 0 Å². The van der Waals surface area contributed by atoms with Crippen molar-refractivity contribution in [3.63, 3.8) is 0 Å². The summed E-state index contributed by atoms with van der Waals surface area (Å²) in [7, 11) is -2.91. The molecule has 1 N–H and O–H groups in total. The standard InChI is InChI=1S/C9H20NO3P.ClH/c1-3-12-14(11,13-4-2)9-7-5-6-8-10-9;/h9-10H,3-8H2,1-2H3;1H. The third kappa shape index (κ3) is 4.41. The van der Waals surface area contributed by atoms with E-state index in [1.165, 1.54) is 0 Å². The molecule has 4 nitrogen and oxygen atoms in total. The van der Waals surface area contributed by atoms with Crippen LogP contribution in [0.1, 0.15) is 33.1 Å². The van der Waals surface area contributed by atoms with E-state index in [1.54, 1.807) is 0 Å². The van der Waals surface area contributed by atoms with Gasteiger partial charge < -0.3 is 14.4 Å². The zero-order chi connectivity index (χ0) is 10.4. The maximum absolute atomic E-state index is 12.3. The van der Waals surface area contributed by atoms with Crippen molar-refractivity contribution in [1.82, 2.24) is 5.32 Å². The van der Waals surface area contributed by atoms with Gasteiger partial charge in [-0.1, -0.05) is 0 Å². The number of piperidine rings is 1. The molecule has 1 heterocycles. The van der Waals surface area contributed by atoms with Gasteiger partial charge in [0.05, 0.1) is 13.2 Å². The van der Waals surface area contributed by atoms with Crippen molar-refractivity contribution >= 4 is 20.0 Å². The Morgan fingerprint density at radius 3 is 2.27 bits per heavy atom. The highest BCUT2D eigenvalue weighted by molar-refractivity contribution is 7.54. The second-order valence-electron chi connectivity index (χ2n) is 3.34. The van der Waals surface area contributed by atoms with Gasteiger partial charge in [-0.25, -0.2) is 0 Å². The Balaban J connectivity index is 0.00000196. The Morgan fingerprint density at radius 1 is 1.27 bits per heavy atom. The lowest BCUT2D eigenvalue weighted by Crippen LogP contribution is -2.35. The fourth-order valence-corrected chi connectivity index (χ4v) is 3.69. The molecule has 0 spiro atoms. The van der Waals surface area contributed by atoms with Crippen LogP contribution in [-0.4, -0.2) is 25.5 Å². The maximum atomic E-state index is 12.3. The van der Waals surface area contributed by atoms with E-state index >= 15 is 0 Å². The van der Waals surface area contributed by atoms with E-state index in [1.807, 2.05) is 13.8 Å². The molecule has 1 unspecified atom stereocenters. The van der Waals surface area contributed by atoms with E-state index in [9.17, 15) is 4.57 Å². The minimum Gasteiger partial charge on any atom is -0.308 e. The Bertz CT molecular complexity index is 200. The fraction of sp³-hybridized carbons (Fsp3) is 1.00. The molecule has 0 radical (unpaired) electrons. The zero-order valence-corrected chi connectivity index (χ0v) is 11.1. The molecule has 0 aliphatic carbocycles. The molecule has 1 saturated heterocycles. The van der Waals surface area contributed by atoms with Gasteiger partial charge in [0.2, 0.25) is 0 Å². The molecule has 92 valence electrons. The number of nitrogens with one attached hydrogen (secondary N) is 1. The Hall–Kier alpha value is 0.400. The summed E-state index contributed by atoms with van der Waals surface area (Å²) in [4.78, 5) is 0. The molecule has 1 aliphatic heterocycles. The summed E-state index contributed by atoms with van der Waals surface area (Å²) >= 11 is 0. The fourth-order valence-electron chi connectivity index (χ4n) is 1.68. The zero-order valence-electron chi connectivity index (χ0n) is 9.40. The SMILES string of the molecule is CCOP(=O)(OCC)C1CCCCN1.Cl. The largest absolute Gasteiger partial charge is 0.347 e. The van der Waals surface area contributed by atoms with Crippen LogP contribution in [0.3, 0.4) is 0 Å². The van der Waals surface area contributed by atoms with Crippen molar-refractivity contribution in [3.8, 4) is 0 Å². The average Bonchev–Trinajstić information content (AvgIpc) is 2.20. The minimum atomic E-state index is -2.91. The highest BCUT2D eigenvalue weighted by atomic mass is 35.5. The van der Waals surface area contributed by atoms with Crippen molar-refractivity contribution in [2.75, 3.05) is 19.8 Å². The molecule has 15 heavy (non-hydrogen) atoms. The van der Waals surface area contributed by atoms with Crippen LogP contribution in [0.5, 0.6) is 0 Å². The summed E-state index contributed by atoms with van der Waals surface area (Å²) in [6.45, 7) is 5.47. The number of rotatable bonds is 5. The van der Waals surface area contributed by atoms with E-state index < -0.39 is 7.60 Å². The number of hydrogen-bond acceptors (Lipinski definition) is 4. The molecule has 1 atom stereocenters. The maximum Gasteiger partial charge on any atom is 0.347 e. The molecule has 0 aromatic carbocycles. The highest BCUT2D eigenvalue weighted by Gasteiger charge is 2.35. The molecule has 0 aromatic heterocycles. The van der Waals surface area contributed by atoms with Crippen molar-refractivity contribution < 1.29 is 13.6 Å². The summed E-state index contributed by atoms with van der Waals surface area (Å²) in [5.41, 5.74) is 0. The van der Waals surface area contributed by atoms with Gasteiger partial charge in [0.25, 0.3) is 0 Å². The molecular weight excluding hydrogens is 237 g/mol. The van der Waals surface area contributed by atoms with Gasteiger partial charge in [-0.2, -0.15) is 0 Å². The van der Waals surface area contributed by atoms with Crippen molar-refractivity contribution in [1.29, 1.82) is 0 Å². The van der Waals surface area contributed by atoms with Gasteiger partial charge in [0.15, 0.2) is 0 Å². The van der Waals surface area contributed by atoms with Crippen LogP contribution in [0, 0.1) is 0 Å². The lowest BCUT2D eigenvalue weighted by atomic mass is 10.2. The van der Waals surface area contributed by atoms with Gasteiger partial charge in [-0.15, -0.1) is 12.4 Å². The first kappa shape index (κ1) is 15.4. The topological polar surface area (TPSA) is 47.6 Å². The van der Waals surface area contributed by atoms with Crippen LogP contribution in [0.15, 0.2) is 0 Å². The second kappa shape index (κ2) is 7.64. The van der Waals surface area contributed by atoms with Crippen molar-refractivity contribution in [2.24, 2.45) is 0 Å². The Kier molecular flexibility index (Phi) is 7.84. The third-order valence-corrected chi connectivity index (χ3v) is 4.72. The predicted octanol–water partition coefficient (Wildman–Crippen LogP) is 2.77. The normalized spacial score (nSPS) is 22.1. The average molecular weight is 258 g/mol. The molecule has 1 fully saturated rings. The van der Waals surface area contributed by atoms with E-state index in [2.05, 4.69) is 5.32 Å². The van der Waals surface area contributed by atoms with Crippen LogP contribution in [0.25, 0.3) is 0 Å². The Labute approximate surface area is 98.0 Å². The van der Waals surface area contributed by atoms with Crippen LogP contribution in [-0.2, 0) is 13.6 Å². The van der Waals surface area contributed by atoms with Crippen LogP contribution >= 0.6 is 20.0 Å². The third-order valence-electron chi connectivity index (χ3n) is 2.28. The molecule has 0 aromatic rings. The molecule has 0 bridgehead atoms. The van der Waals surface area contributed by atoms with E-state index in [0.29, 0.717) is 13.2 Å². The highest BCUT2D eigenvalue weighted by Crippen LogP contribution is 2.53. The quantitative estimate of drug-likeness (QED) is 0.770. The minimum absolute atomic E-state index is 0. The number of hydrogen-bond donors (Lipinski definition) is 1. The predicted molar refractivity (Wildman–Crippen MR) is 63.7 cm³/mol. The van der Waals surface area contributed by atoms with Crippen LogP contribution < -0.4 is 5.32 Å². The van der Waals surface area contributed by atoms with E-state index in [0.717, 1.165) is 25.8 Å².